The molecule has 0 saturated heterocycles. The Balaban J connectivity index is 2.62. The summed E-state index contributed by atoms with van der Waals surface area (Å²) >= 11 is 0. The molecular weight excluding hydrogens is 372 g/mol. The van der Waals surface area contributed by atoms with Crippen LogP contribution < -0.4 is 5.32 Å². The van der Waals surface area contributed by atoms with Crippen LogP contribution in [0.5, 0.6) is 0 Å². The Hall–Kier alpha value is -3.11. The average Bonchev–Trinajstić information content (AvgIpc) is 2.66. The monoisotopic (exact) mass is 398 g/mol. The van der Waals surface area contributed by atoms with E-state index >= 15 is 0 Å². The molecule has 1 aromatic rings. The number of dihydropyridines is 1. The minimum atomic E-state index is -0.784. The van der Waals surface area contributed by atoms with Crippen LogP contribution in [0.15, 0.2) is 46.8 Å². The second-order valence-electron chi connectivity index (χ2n) is 6.92. The van der Waals surface area contributed by atoms with Gasteiger partial charge in [0, 0.05) is 18.5 Å². The molecule has 29 heavy (non-hydrogen) atoms. The number of nitrogens with zero attached hydrogens (tertiary/aromatic N) is 1. The van der Waals surface area contributed by atoms with Gasteiger partial charge in [0.2, 0.25) is 0 Å². The van der Waals surface area contributed by atoms with Crippen molar-refractivity contribution in [2.75, 3.05) is 20.3 Å². The Morgan fingerprint density at radius 3 is 2.31 bits per heavy atom. The molecule has 1 N–H and O–H groups in total. The van der Waals surface area contributed by atoms with Crippen LogP contribution in [-0.4, -0.2) is 38.4 Å². The van der Waals surface area contributed by atoms with Crippen molar-refractivity contribution in [2.24, 2.45) is 0 Å². The molecule has 1 aliphatic heterocycles. The highest BCUT2D eigenvalue weighted by molar-refractivity contribution is 6.00. The number of esters is 2. The number of ether oxygens (including phenoxy) is 3. The first kappa shape index (κ1) is 22.2. The Labute approximate surface area is 170 Å². The molecule has 1 aromatic carbocycles. The summed E-state index contributed by atoms with van der Waals surface area (Å²) in [7, 11) is 1.51. The van der Waals surface area contributed by atoms with E-state index in [2.05, 4.69) is 11.4 Å². The summed E-state index contributed by atoms with van der Waals surface area (Å²) in [5.74, 6) is -1.90. The van der Waals surface area contributed by atoms with Crippen molar-refractivity contribution >= 4 is 11.9 Å². The van der Waals surface area contributed by atoms with E-state index in [0.29, 0.717) is 22.5 Å². The SMILES string of the molecule is COCCOC(=O)C1=C(C)NC(C)=C(C(=O)OC(C)C)C1c1ccccc1C#N. The minimum absolute atomic E-state index is 0.0766. The zero-order chi connectivity index (χ0) is 21.6. The quantitative estimate of drug-likeness (QED) is 0.557. The number of carbonyl (C=O) groups is 2. The van der Waals surface area contributed by atoms with Crippen molar-refractivity contribution < 1.29 is 23.8 Å². The molecular formula is C22H26N2O5. The maximum absolute atomic E-state index is 12.9. The zero-order valence-corrected chi connectivity index (χ0v) is 17.4. The Bertz CT molecular complexity index is 893. The fraction of sp³-hybridized carbons (Fsp3) is 0.409. The second kappa shape index (κ2) is 9.89. The number of allylic oxidation sites excluding steroid dienone is 2. The highest BCUT2D eigenvalue weighted by Crippen LogP contribution is 2.40. The zero-order valence-electron chi connectivity index (χ0n) is 17.4. The van der Waals surface area contributed by atoms with Gasteiger partial charge in [-0.2, -0.15) is 5.26 Å². The van der Waals surface area contributed by atoms with E-state index in [9.17, 15) is 14.9 Å². The van der Waals surface area contributed by atoms with Crippen LogP contribution in [-0.2, 0) is 23.8 Å². The van der Waals surface area contributed by atoms with Crippen LogP contribution in [0.25, 0.3) is 0 Å². The first-order valence-corrected chi connectivity index (χ1v) is 9.36. The number of nitrogens with one attached hydrogen (secondary N) is 1. The molecule has 0 radical (unpaired) electrons. The molecule has 0 saturated carbocycles. The Morgan fingerprint density at radius 1 is 1.10 bits per heavy atom. The van der Waals surface area contributed by atoms with E-state index < -0.39 is 17.9 Å². The van der Waals surface area contributed by atoms with Crippen LogP contribution in [0, 0.1) is 11.3 Å². The minimum Gasteiger partial charge on any atom is -0.460 e. The van der Waals surface area contributed by atoms with Gasteiger partial charge in [0.05, 0.1) is 41.4 Å². The van der Waals surface area contributed by atoms with Gasteiger partial charge in [0.25, 0.3) is 0 Å². The summed E-state index contributed by atoms with van der Waals surface area (Å²) in [5, 5.41) is 12.7. The maximum atomic E-state index is 12.9. The first-order valence-electron chi connectivity index (χ1n) is 9.36. The van der Waals surface area contributed by atoms with Gasteiger partial charge in [0.1, 0.15) is 6.61 Å². The van der Waals surface area contributed by atoms with Crippen LogP contribution in [0.3, 0.4) is 0 Å². The lowest BCUT2D eigenvalue weighted by Gasteiger charge is -2.31. The van der Waals surface area contributed by atoms with Crippen molar-refractivity contribution in [3.05, 3.63) is 57.9 Å². The molecule has 7 heteroatoms. The summed E-state index contributed by atoms with van der Waals surface area (Å²) in [5.41, 5.74) is 2.60. The molecule has 154 valence electrons. The van der Waals surface area contributed by atoms with Crippen LogP contribution in [0.2, 0.25) is 0 Å². The molecule has 1 heterocycles. The normalized spacial score (nSPS) is 16.4. The van der Waals surface area contributed by atoms with Crippen LogP contribution >= 0.6 is 0 Å². The smallest absolute Gasteiger partial charge is 0.337 e. The van der Waals surface area contributed by atoms with Crippen molar-refractivity contribution in [1.29, 1.82) is 5.26 Å². The largest absolute Gasteiger partial charge is 0.460 e. The standard InChI is InChI=1S/C22H26N2O5/c1-13(2)29-22(26)19-15(4)24-14(3)18(21(25)28-11-10-27-5)20(19)17-9-7-6-8-16(17)12-23/h6-9,13,20,24H,10-11H2,1-5H3. The van der Waals surface area contributed by atoms with Crippen molar-refractivity contribution in [3.63, 3.8) is 0 Å². The number of nitriles is 1. The number of rotatable bonds is 7. The molecule has 0 aliphatic carbocycles. The lowest BCUT2D eigenvalue weighted by Crippen LogP contribution is -2.33. The molecule has 0 spiro atoms. The van der Waals surface area contributed by atoms with E-state index in [0.717, 1.165) is 0 Å². The predicted octanol–water partition coefficient (Wildman–Crippen LogP) is 2.93. The van der Waals surface area contributed by atoms with E-state index in [-0.39, 0.29) is 30.5 Å². The number of hydrogen-bond donors (Lipinski definition) is 1. The van der Waals surface area contributed by atoms with Gasteiger partial charge in [-0.15, -0.1) is 0 Å². The van der Waals surface area contributed by atoms with E-state index in [1.807, 2.05) is 0 Å². The fourth-order valence-electron chi connectivity index (χ4n) is 3.27. The van der Waals surface area contributed by atoms with Crippen molar-refractivity contribution in [3.8, 4) is 6.07 Å². The van der Waals surface area contributed by atoms with Gasteiger partial charge in [-0.25, -0.2) is 9.59 Å². The number of carbonyl (C=O) groups excluding carboxylic acids is 2. The predicted molar refractivity (Wildman–Crippen MR) is 106 cm³/mol. The maximum Gasteiger partial charge on any atom is 0.337 e. The number of methoxy groups -OCH3 is 1. The molecule has 0 aromatic heterocycles. The molecule has 0 amide bonds. The second-order valence-corrected chi connectivity index (χ2v) is 6.92. The molecule has 7 nitrogen and oxygen atoms in total. The van der Waals surface area contributed by atoms with Gasteiger partial charge < -0.3 is 19.5 Å². The first-order chi connectivity index (χ1) is 13.8. The highest BCUT2D eigenvalue weighted by Gasteiger charge is 2.39. The fourth-order valence-corrected chi connectivity index (χ4v) is 3.27. The molecule has 0 bridgehead atoms. The third-order valence-corrected chi connectivity index (χ3v) is 4.46. The van der Waals surface area contributed by atoms with Gasteiger partial charge in [-0.05, 0) is 39.3 Å². The van der Waals surface area contributed by atoms with E-state index in [1.54, 1.807) is 52.0 Å². The summed E-state index contributed by atoms with van der Waals surface area (Å²) in [6.45, 7) is 7.32. The van der Waals surface area contributed by atoms with Crippen LogP contribution in [0.1, 0.15) is 44.7 Å². The molecule has 1 unspecified atom stereocenters. The Kier molecular flexibility index (Phi) is 7.57. The lowest BCUT2D eigenvalue weighted by molar-refractivity contribution is -0.143. The van der Waals surface area contributed by atoms with E-state index in [1.165, 1.54) is 7.11 Å². The molecule has 2 rings (SSSR count). The van der Waals surface area contributed by atoms with Crippen molar-refractivity contribution in [2.45, 2.75) is 39.7 Å². The third kappa shape index (κ3) is 5.04. The topological polar surface area (TPSA) is 97.7 Å². The van der Waals surface area contributed by atoms with Gasteiger partial charge >= 0.3 is 11.9 Å². The summed E-state index contributed by atoms with van der Waals surface area (Å²) in [6.07, 6.45) is -0.334. The van der Waals surface area contributed by atoms with Gasteiger partial charge in [-0.3, -0.25) is 0 Å². The van der Waals surface area contributed by atoms with Gasteiger partial charge in [-0.1, -0.05) is 18.2 Å². The number of hydrogen-bond acceptors (Lipinski definition) is 7. The Morgan fingerprint density at radius 2 is 1.72 bits per heavy atom. The van der Waals surface area contributed by atoms with Crippen LogP contribution in [0.4, 0.5) is 0 Å². The molecule has 1 aliphatic rings. The molecule has 0 fully saturated rings. The molecule has 1 atom stereocenters. The lowest BCUT2D eigenvalue weighted by atomic mass is 9.78. The average molecular weight is 398 g/mol. The highest BCUT2D eigenvalue weighted by atomic mass is 16.6. The third-order valence-electron chi connectivity index (χ3n) is 4.46. The number of benzene rings is 1. The van der Waals surface area contributed by atoms with Crippen molar-refractivity contribution in [1.82, 2.24) is 5.32 Å². The van der Waals surface area contributed by atoms with Gasteiger partial charge in [0.15, 0.2) is 0 Å². The van der Waals surface area contributed by atoms with E-state index in [4.69, 9.17) is 14.2 Å². The summed E-state index contributed by atoms with van der Waals surface area (Å²) in [6, 6.07) is 9.04. The summed E-state index contributed by atoms with van der Waals surface area (Å²) in [4.78, 5) is 25.9. The summed E-state index contributed by atoms with van der Waals surface area (Å²) < 4.78 is 15.7.